The zero-order valence-corrected chi connectivity index (χ0v) is 9.71. The van der Waals surface area contributed by atoms with Gasteiger partial charge >= 0.3 is 5.97 Å². The maximum Gasteiger partial charge on any atom is 0.339 e. The summed E-state index contributed by atoms with van der Waals surface area (Å²) in [6.07, 6.45) is 2.00. The third-order valence-corrected chi connectivity index (χ3v) is 3.24. The predicted molar refractivity (Wildman–Crippen MR) is 63.2 cm³/mol. The summed E-state index contributed by atoms with van der Waals surface area (Å²) >= 11 is 0. The molecule has 0 aromatic carbocycles. The van der Waals surface area contributed by atoms with E-state index >= 15 is 0 Å². The molecular weight excluding hydrogens is 220 g/mol. The molecule has 1 aromatic heterocycles. The van der Waals surface area contributed by atoms with Gasteiger partial charge in [0.25, 0.3) is 0 Å². The molecule has 0 saturated carbocycles. The highest BCUT2D eigenvalue weighted by molar-refractivity contribution is 5.93. The van der Waals surface area contributed by atoms with Crippen molar-refractivity contribution in [3.63, 3.8) is 0 Å². The molecule has 17 heavy (non-hydrogen) atoms. The highest BCUT2D eigenvalue weighted by atomic mass is 16.4. The Hall–Kier alpha value is -1.62. The number of carboxylic acids is 1. The SMILES string of the molecule is CC1CCN(c2ncccc2C(=O)O)CC1O. The summed E-state index contributed by atoms with van der Waals surface area (Å²) in [4.78, 5) is 17.0. The van der Waals surface area contributed by atoms with Gasteiger partial charge < -0.3 is 15.1 Å². The van der Waals surface area contributed by atoms with Gasteiger partial charge in [-0.3, -0.25) is 0 Å². The third-order valence-electron chi connectivity index (χ3n) is 3.24. The first kappa shape index (κ1) is 11.9. The highest BCUT2D eigenvalue weighted by Gasteiger charge is 2.27. The van der Waals surface area contributed by atoms with Crippen LogP contribution in [0.1, 0.15) is 23.7 Å². The molecule has 2 rings (SSSR count). The molecule has 1 aliphatic rings. The van der Waals surface area contributed by atoms with Crippen LogP contribution in [0.25, 0.3) is 0 Å². The van der Waals surface area contributed by atoms with Gasteiger partial charge in [-0.2, -0.15) is 0 Å². The minimum absolute atomic E-state index is 0.189. The van der Waals surface area contributed by atoms with Gasteiger partial charge in [0.1, 0.15) is 11.4 Å². The number of pyridine rings is 1. The minimum Gasteiger partial charge on any atom is -0.478 e. The second kappa shape index (κ2) is 4.71. The summed E-state index contributed by atoms with van der Waals surface area (Å²) in [6.45, 7) is 3.17. The number of rotatable bonds is 2. The molecule has 1 fully saturated rings. The van der Waals surface area contributed by atoms with E-state index in [1.807, 2.05) is 11.8 Å². The topological polar surface area (TPSA) is 73.7 Å². The maximum absolute atomic E-state index is 11.1. The Morgan fingerprint density at radius 3 is 3.00 bits per heavy atom. The first-order valence-corrected chi connectivity index (χ1v) is 5.71. The Bertz CT molecular complexity index is 422. The van der Waals surface area contributed by atoms with E-state index in [0.29, 0.717) is 12.4 Å². The lowest BCUT2D eigenvalue weighted by Crippen LogP contribution is -2.43. The molecule has 5 heteroatoms. The van der Waals surface area contributed by atoms with Crippen molar-refractivity contribution in [2.75, 3.05) is 18.0 Å². The first-order valence-electron chi connectivity index (χ1n) is 5.71. The number of anilines is 1. The Morgan fingerprint density at radius 2 is 2.35 bits per heavy atom. The summed E-state index contributed by atoms with van der Waals surface area (Å²) in [6, 6.07) is 3.14. The van der Waals surface area contributed by atoms with Crippen molar-refractivity contribution in [2.45, 2.75) is 19.4 Å². The zero-order chi connectivity index (χ0) is 12.4. The maximum atomic E-state index is 11.1. The van der Waals surface area contributed by atoms with E-state index in [9.17, 15) is 9.90 Å². The Kier molecular flexibility index (Phi) is 3.28. The van der Waals surface area contributed by atoms with Gasteiger partial charge in [0, 0.05) is 19.3 Å². The summed E-state index contributed by atoms with van der Waals surface area (Å²) in [5, 5.41) is 18.9. The molecule has 1 aliphatic heterocycles. The van der Waals surface area contributed by atoms with Gasteiger partial charge in [-0.25, -0.2) is 9.78 Å². The van der Waals surface area contributed by atoms with Crippen LogP contribution in [0.5, 0.6) is 0 Å². The van der Waals surface area contributed by atoms with E-state index in [1.165, 1.54) is 6.07 Å². The summed E-state index contributed by atoms with van der Waals surface area (Å²) < 4.78 is 0. The molecule has 1 aromatic rings. The second-order valence-electron chi connectivity index (χ2n) is 4.46. The summed E-state index contributed by atoms with van der Waals surface area (Å²) in [5.41, 5.74) is 0.189. The van der Waals surface area contributed by atoms with Crippen LogP contribution in [0.15, 0.2) is 18.3 Å². The quantitative estimate of drug-likeness (QED) is 0.801. The first-order chi connectivity index (χ1) is 8.09. The molecular formula is C12H16N2O3. The molecule has 0 bridgehead atoms. The van der Waals surface area contributed by atoms with E-state index in [1.54, 1.807) is 12.3 Å². The molecule has 0 aliphatic carbocycles. The Morgan fingerprint density at radius 1 is 1.59 bits per heavy atom. The van der Waals surface area contributed by atoms with Crippen molar-refractivity contribution in [1.82, 2.24) is 4.98 Å². The van der Waals surface area contributed by atoms with Crippen LogP contribution < -0.4 is 4.90 Å². The van der Waals surface area contributed by atoms with Gasteiger partial charge in [-0.05, 0) is 24.5 Å². The van der Waals surface area contributed by atoms with Crippen molar-refractivity contribution >= 4 is 11.8 Å². The molecule has 5 nitrogen and oxygen atoms in total. The third kappa shape index (κ3) is 2.39. The van der Waals surface area contributed by atoms with Gasteiger partial charge in [0.2, 0.25) is 0 Å². The summed E-state index contributed by atoms with van der Waals surface area (Å²) in [7, 11) is 0. The average molecular weight is 236 g/mol. The molecule has 0 spiro atoms. The van der Waals surface area contributed by atoms with Crippen LogP contribution in [0.3, 0.4) is 0 Å². The van der Waals surface area contributed by atoms with Gasteiger partial charge in [0.15, 0.2) is 0 Å². The fraction of sp³-hybridized carbons (Fsp3) is 0.500. The molecule has 92 valence electrons. The number of carbonyl (C=O) groups is 1. The lowest BCUT2D eigenvalue weighted by atomic mass is 9.96. The van der Waals surface area contributed by atoms with Crippen LogP contribution in [-0.2, 0) is 0 Å². The molecule has 0 radical (unpaired) electrons. The van der Waals surface area contributed by atoms with Gasteiger partial charge in [-0.1, -0.05) is 6.92 Å². The molecule has 2 unspecified atom stereocenters. The number of nitrogens with zero attached hydrogens (tertiary/aromatic N) is 2. The van der Waals surface area contributed by atoms with Crippen LogP contribution >= 0.6 is 0 Å². The van der Waals surface area contributed by atoms with Crippen molar-refractivity contribution in [1.29, 1.82) is 0 Å². The summed E-state index contributed by atoms with van der Waals surface area (Å²) in [5.74, 6) is -0.282. The van der Waals surface area contributed by atoms with Crippen molar-refractivity contribution in [3.05, 3.63) is 23.9 Å². The predicted octanol–water partition coefficient (Wildman–Crippen LogP) is 0.987. The Labute approximate surface area is 99.7 Å². The number of hydrogen-bond acceptors (Lipinski definition) is 4. The number of hydrogen-bond donors (Lipinski definition) is 2. The molecule has 2 N–H and O–H groups in total. The molecule has 0 amide bonds. The smallest absolute Gasteiger partial charge is 0.339 e. The van der Waals surface area contributed by atoms with Crippen molar-refractivity contribution in [3.8, 4) is 0 Å². The molecule has 2 heterocycles. The van der Waals surface area contributed by atoms with Crippen LogP contribution in [-0.4, -0.2) is 40.4 Å². The van der Waals surface area contributed by atoms with E-state index in [0.717, 1.165) is 13.0 Å². The number of carboxylic acid groups (broad SMARTS) is 1. The van der Waals surface area contributed by atoms with Crippen LogP contribution in [0.4, 0.5) is 5.82 Å². The van der Waals surface area contributed by atoms with E-state index in [-0.39, 0.29) is 11.5 Å². The zero-order valence-electron chi connectivity index (χ0n) is 9.71. The molecule has 1 saturated heterocycles. The number of β-amino-alcohol motifs (C(OH)–C–C–N with tert-alkyl or cyclic N) is 1. The normalized spacial score (nSPS) is 24.7. The number of aliphatic hydroxyl groups excluding tert-OH is 1. The van der Waals surface area contributed by atoms with Crippen molar-refractivity contribution < 1.29 is 15.0 Å². The fourth-order valence-corrected chi connectivity index (χ4v) is 2.06. The highest BCUT2D eigenvalue weighted by Crippen LogP contribution is 2.24. The lowest BCUT2D eigenvalue weighted by molar-refractivity contribution is 0.0695. The fourth-order valence-electron chi connectivity index (χ4n) is 2.06. The monoisotopic (exact) mass is 236 g/mol. The van der Waals surface area contributed by atoms with E-state index in [2.05, 4.69) is 4.98 Å². The average Bonchev–Trinajstić information content (AvgIpc) is 2.32. The van der Waals surface area contributed by atoms with Crippen molar-refractivity contribution in [2.24, 2.45) is 5.92 Å². The van der Waals surface area contributed by atoms with Gasteiger partial charge in [0.05, 0.1) is 6.10 Å². The van der Waals surface area contributed by atoms with E-state index < -0.39 is 12.1 Å². The van der Waals surface area contributed by atoms with E-state index in [4.69, 9.17) is 5.11 Å². The number of aromatic carboxylic acids is 1. The standard InChI is InChI=1S/C12H16N2O3/c1-8-4-6-14(7-10(8)15)11-9(12(16)17)3-2-5-13-11/h2-3,5,8,10,15H,4,6-7H2,1H3,(H,16,17). The number of aliphatic hydroxyl groups is 1. The van der Waals surface area contributed by atoms with Crippen LogP contribution in [0.2, 0.25) is 0 Å². The minimum atomic E-state index is -0.985. The number of aromatic nitrogens is 1. The van der Waals surface area contributed by atoms with Crippen LogP contribution in [0, 0.1) is 5.92 Å². The van der Waals surface area contributed by atoms with Gasteiger partial charge in [-0.15, -0.1) is 0 Å². The lowest BCUT2D eigenvalue weighted by Gasteiger charge is -2.35. The Balaban J connectivity index is 2.25. The largest absolute Gasteiger partial charge is 0.478 e. The number of piperidine rings is 1. The second-order valence-corrected chi connectivity index (χ2v) is 4.46. The molecule has 2 atom stereocenters.